The number of aliphatic hydroxyl groups excluding tert-OH is 3. The van der Waals surface area contributed by atoms with Crippen LogP contribution in [0.4, 0.5) is 0 Å². The molecule has 192 valence electrons. The lowest BCUT2D eigenvalue weighted by molar-refractivity contribution is -0.271. The highest BCUT2D eigenvalue weighted by atomic mass is 16.8. The van der Waals surface area contributed by atoms with Crippen LogP contribution < -0.4 is 10.8 Å². The Morgan fingerprint density at radius 3 is 2.75 bits per heavy atom. The molecule has 1 saturated heterocycles. The molecule has 0 bridgehead atoms. The van der Waals surface area contributed by atoms with Gasteiger partial charge >= 0.3 is 0 Å². The molecule has 0 unspecified atom stereocenters. The van der Waals surface area contributed by atoms with Gasteiger partial charge in [-0.2, -0.15) is 0 Å². The van der Waals surface area contributed by atoms with Crippen LogP contribution in [0.25, 0.3) is 17.0 Å². The van der Waals surface area contributed by atoms with Gasteiger partial charge < -0.3 is 30.4 Å². The van der Waals surface area contributed by atoms with Gasteiger partial charge in [0.1, 0.15) is 12.2 Å². The Kier molecular flexibility index (Phi) is 8.87. The number of nitrogens with one attached hydrogen (secondary N) is 3. The van der Waals surface area contributed by atoms with Gasteiger partial charge in [0.2, 0.25) is 0 Å². The molecule has 1 amide bonds. The van der Waals surface area contributed by atoms with Crippen molar-refractivity contribution in [2.45, 2.75) is 50.9 Å². The largest absolute Gasteiger partial charge is 0.394 e. The summed E-state index contributed by atoms with van der Waals surface area (Å²) in [5, 5.41) is 33.5. The molecule has 1 fully saturated rings. The van der Waals surface area contributed by atoms with Gasteiger partial charge in [0.05, 0.1) is 12.7 Å². The van der Waals surface area contributed by atoms with Crippen LogP contribution in [0.5, 0.6) is 0 Å². The van der Waals surface area contributed by atoms with Gasteiger partial charge in [-0.3, -0.25) is 4.79 Å². The molecule has 0 saturated carbocycles. The number of carbonyl (C=O) groups excluding carboxylic acids is 1. The van der Waals surface area contributed by atoms with Crippen LogP contribution in [0.15, 0.2) is 54.6 Å². The Morgan fingerprint density at radius 1 is 1.19 bits per heavy atom. The van der Waals surface area contributed by atoms with Crippen LogP contribution in [-0.2, 0) is 27.3 Å². The zero-order valence-corrected chi connectivity index (χ0v) is 20.2. The highest BCUT2D eigenvalue weighted by Gasteiger charge is 2.37. The minimum atomic E-state index is -1.20. The monoisotopic (exact) mass is 495 g/mol. The van der Waals surface area contributed by atoms with Crippen LogP contribution in [0.2, 0.25) is 0 Å². The highest BCUT2D eigenvalue weighted by Crippen LogP contribution is 2.22. The quantitative estimate of drug-likeness (QED) is 0.143. The third-order valence-corrected chi connectivity index (χ3v) is 6.32. The summed E-state index contributed by atoms with van der Waals surface area (Å²) < 4.78 is 5.30. The van der Waals surface area contributed by atoms with E-state index in [2.05, 4.69) is 40.9 Å². The van der Waals surface area contributed by atoms with Crippen molar-refractivity contribution in [3.8, 4) is 0 Å². The molecular weight excluding hydrogens is 462 g/mol. The number of hydrogen-bond acceptors (Lipinski definition) is 7. The first-order valence-electron chi connectivity index (χ1n) is 12.1. The second-order valence-corrected chi connectivity index (χ2v) is 8.94. The minimum Gasteiger partial charge on any atom is -0.394 e. The number of rotatable bonds is 10. The van der Waals surface area contributed by atoms with E-state index >= 15 is 0 Å². The molecule has 1 aliphatic heterocycles. The van der Waals surface area contributed by atoms with Gasteiger partial charge in [0.25, 0.3) is 5.91 Å². The van der Waals surface area contributed by atoms with Gasteiger partial charge in [-0.15, -0.1) is 0 Å². The first kappa shape index (κ1) is 26.0. The number of para-hydroxylation sites is 1. The van der Waals surface area contributed by atoms with Crippen molar-refractivity contribution in [1.82, 2.24) is 15.8 Å². The summed E-state index contributed by atoms with van der Waals surface area (Å²) in [5.41, 5.74) is 7.96. The molecule has 9 nitrogen and oxygen atoms in total. The molecule has 0 spiro atoms. The number of aromatic amines is 1. The van der Waals surface area contributed by atoms with Gasteiger partial charge in [-0.1, -0.05) is 42.5 Å². The van der Waals surface area contributed by atoms with Crippen molar-refractivity contribution >= 4 is 22.9 Å². The van der Waals surface area contributed by atoms with Crippen LogP contribution in [0.1, 0.15) is 28.8 Å². The fourth-order valence-electron chi connectivity index (χ4n) is 4.32. The molecule has 4 atom stereocenters. The standard InChI is InChI=1S/C27H33N3O6/c1-17-20(21-4-2-3-5-22(21)29-17)12-13-28-15-19-8-6-18(7-9-19)10-11-25(33)30-36-26-14-23(32)27(34)24(16-31)35-26/h2-11,23-24,26-29,31-32,34H,12-16H2,1H3,(H,30,33)/b11-10+/t23-,24-,26+,27-/m1/s1. The molecule has 2 heterocycles. The van der Waals surface area contributed by atoms with Crippen LogP contribution in [0, 0.1) is 6.92 Å². The minimum absolute atomic E-state index is 0.0292. The number of fused-ring (bicyclic) bond motifs is 1. The first-order valence-corrected chi connectivity index (χ1v) is 12.1. The van der Waals surface area contributed by atoms with Gasteiger partial charge in [0.15, 0.2) is 6.29 Å². The maximum atomic E-state index is 12.0. The lowest BCUT2D eigenvalue weighted by Crippen LogP contribution is -2.51. The van der Waals surface area contributed by atoms with Gasteiger partial charge in [-0.25, -0.2) is 10.3 Å². The van der Waals surface area contributed by atoms with E-state index in [1.54, 1.807) is 6.08 Å². The van der Waals surface area contributed by atoms with E-state index in [4.69, 9.17) is 9.57 Å². The van der Waals surface area contributed by atoms with Crippen LogP contribution in [-0.4, -0.2) is 64.0 Å². The van der Waals surface area contributed by atoms with Crippen molar-refractivity contribution in [1.29, 1.82) is 0 Å². The molecule has 6 N–H and O–H groups in total. The summed E-state index contributed by atoms with van der Waals surface area (Å²) in [6.07, 6.45) is -0.355. The van der Waals surface area contributed by atoms with E-state index in [1.807, 2.05) is 30.3 Å². The van der Waals surface area contributed by atoms with E-state index in [1.165, 1.54) is 28.2 Å². The molecule has 36 heavy (non-hydrogen) atoms. The highest BCUT2D eigenvalue weighted by molar-refractivity contribution is 5.91. The van der Waals surface area contributed by atoms with E-state index in [-0.39, 0.29) is 6.42 Å². The molecule has 1 aromatic heterocycles. The number of aryl methyl sites for hydroxylation is 1. The SMILES string of the molecule is Cc1[nH]c2ccccc2c1CCNCc1ccc(/C=C/C(=O)NO[C@H]2C[C@@H](O)[C@@H](O)[C@@H](CO)O2)cc1. The molecule has 9 heteroatoms. The fraction of sp³-hybridized carbons (Fsp3) is 0.370. The second kappa shape index (κ2) is 12.3. The maximum absolute atomic E-state index is 12.0. The lowest BCUT2D eigenvalue weighted by Gasteiger charge is -2.35. The van der Waals surface area contributed by atoms with E-state index in [0.717, 1.165) is 30.6 Å². The van der Waals surface area contributed by atoms with E-state index in [9.17, 15) is 20.1 Å². The molecule has 3 aromatic rings. The zero-order chi connectivity index (χ0) is 25.5. The number of hydroxylamine groups is 1. The predicted molar refractivity (Wildman–Crippen MR) is 136 cm³/mol. The fourth-order valence-corrected chi connectivity index (χ4v) is 4.32. The topological polar surface area (TPSA) is 136 Å². The number of amides is 1. The van der Waals surface area contributed by atoms with E-state index < -0.39 is 37.1 Å². The molecule has 4 rings (SSSR count). The normalized spacial score (nSPS) is 22.3. The Hall–Kier alpha value is -3.05. The Bertz CT molecular complexity index is 1180. The molecule has 0 aliphatic carbocycles. The van der Waals surface area contributed by atoms with Crippen molar-refractivity contribution in [3.63, 3.8) is 0 Å². The number of hydrogen-bond donors (Lipinski definition) is 6. The van der Waals surface area contributed by atoms with Gasteiger partial charge in [0, 0.05) is 35.6 Å². The van der Waals surface area contributed by atoms with Crippen molar-refractivity contribution in [3.05, 3.63) is 77.0 Å². The molecule has 1 aliphatic rings. The third kappa shape index (κ3) is 6.58. The van der Waals surface area contributed by atoms with Crippen molar-refractivity contribution < 1.29 is 29.7 Å². The maximum Gasteiger partial charge on any atom is 0.267 e. The number of H-pyrrole nitrogens is 1. The summed E-state index contributed by atoms with van der Waals surface area (Å²) in [7, 11) is 0. The number of aliphatic hydroxyl groups is 3. The average molecular weight is 496 g/mol. The molecular formula is C27H33N3O6. The summed E-state index contributed by atoms with van der Waals surface area (Å²) in [5.74, 6) is -0.502. The third-order valence-electron chi connectivity index (χ3n) is 6.32. The molecule has 0 radical (unpaired) electrons. The van der Waals surface area contributed by atoms with Crippen LogP contribution in [0.3, 0.4) is 0 Å². The summed E-state index contributed by atoms with van der Waals surface area (Å²) >= 11 is 0. The number of carbonyl (C=O) groups is 1. The Morgan fingerprint density at radius 2 is 1.97 bits per heavy atom. The summed E-state index contributed by atoms with van der Waals surface area (Å²) in [6, 6.07) is 16.2. The summed E-state index contributed by atoms with van der Waals surface area (Å²) in [4.78, 5) is 20.6. The number of benzene rings is 2. The van der Waals surface area contributed by atoms with Crippen molar-refractivity contribution in [2.24, 2.45) is 0 Å². The summed E-state index contributed by atoms with van der Waals surface area (Å²) in [6.45, 7) is 3.25. The van der Waals surface area contributed by atoms with E-state index in [0.29, 0.717) is 0 Å². The second-order valence-electron chi connectivity index (χ2n) is 8.94. The smallest absolute Gasteiger partial charge is 0.267 e. The first-order chi connectivity index (χ1) is 17.4. The van der Waals surface area contributed by atoms with Crippen molar-refractivity contribution in [2.75, 3.05) is 13.2 Å². The Labute approximate surface area is 209 Å². The molecule has 2 aromatic carbocycles. The average Bonchev–Trinajstić information content (AvgIpc) is 3.21. The van der Waals surface area contributed by atoms with Crippen LogP contribution >= 0.6 is 0 Å². The number of aromatic nitrogens is 1. The zero-order valence-electron chi connectivity index (χ0n) is 20.2. The number of ether oxygens (including phenoxy) is 1. The van der Waals surface area contributed by atoms with Gasteiger partial charge in [-0.05, 0) is 48.7 Å². The predicted octanol–water partition coefficient (Wildman–Crippen LogP) is 1.70. The Balaban J connectivity index is 1.19. The lowest BCUT2D eigenvalue weighted by atomic mass is 10.0.